The molecule has 8 nitrogen and oxygen atoms in total. The Balaban J connectivity index is 2.14. The second kappa shape index (κ2) is 10.7. The number of carbonyl (C=O) groups excluding carboxylic acids is 2. The van der Waals surface area contributed by atoms with Crippen LogP contribution in [0.2, 0.25) is 25.7 Å². The summed E-state index contributed by atoms with van der Waals surface area (Å²) >= 11 is 0. The minimum atomic E-state index is -1.20. The van der Waals surface area contributed by atoms with Crippen LogP contribution in [0.15, 0.2) is 11.0 Å². The fourth-order valence-electron chi connectivity index (χ4n) is 3.24. The van der Waals surface area contributed by atoms with E-state index in [0.717, 1.165) is 12.3 Å². The molecule has 0 spiro atoms. The number of hydrogen-bond acceptors (Lipinski definition) is 7. The summed E-state index contributed by atoms with van der Waals surface area (Å²) in [6.45, 7) is 8.76. The molecule has 1 aromatic rings. The van der Waals surface area contributed by atoms with Gasteiger partial charge in [-0.25, -0.2) is 4.98 Å². The molecule has 1 aliphatic rings. The lowest BCUT2D eigenvalue weighted by Gasteiger charge is -2.31. The highest BCUT2D eigenvalue weighted by molar-refractivity contribution is 6.76. The molecule has 1 aromatic heterocycles. The molecule has 0 aliphatic carbocycles. The first kappa shape index (κ1) is 23.3. The van der Waals surface area contributed by atoms with E-state index in [1.807, 2.05) is 4.90 Å². The van der Waals surface area contributed by atoms with E-state index in [-0.39, 0.29) is 24.2 Å². The molecule has 1 fully saturated rings. The Morgan fingerprint density at radius 2 is 2.00 bits per heavy atom. The lowest BCUT2D eigenvalue weighted by atomic mass is 9.97. The van der Waals surface area contributed by atoms with Crippen molar-refractivity contribution in [3.8, 4) is 0 Å². The minimum absolute atomic E-state index is 0.137. The molecule has 0 atom stereocenters. The van der Waals surface area contributed by atoms with Gasteiger partial charge in [0.15, 0.2) is 5.82 Å². The van der Waals surface area contributed by atoms with Gasteiger partial charge < -0.3 is 19.2 Å². The van der Waals surface area contributed by atoms with Crippen LogP contribution in [0.3, 0.4) is 0 Å². The molecule has 162 valence electrons. The van der Waals surface area contributed by atoms with Crippen molar-refractivity contribution in [3.05, 3.63) is 22.2 Å². The maximum atomic E-state index is 13.0. The molecule has 1 saturated heterocycles. The topological polar surface area (TPSA) is 90.7 Å². The Labute approximate surface area is 173 Å². The molecule has 0 amide bonds. The third kappa shape index (κ3) is 7.08. The van der Waals surface area contributed by atoms with Gasteiger partial charge in [0.2, 0.25) is 0 Å². The third-order valence-corrected chi connectivity index (χ3v) is 6.78. The minimum Gasteiger partial charge on any atom is -0.469 e. The molecule has 0 N–H and O–H groups in total. The largest absolute Gasteiger partial charge is 0.469 e. The summed E-state index contributed by atoms with van der Waals surface area (Å²) in [5, 5.41) is 0. The highest BCUT2D eigenvalue weighted by atomic mass is 28.3. The van der Waals surface area contributed by atoms with Crippen LogP contribution in [-0.4, -0.2) is 56.7 Å². The monoisotopic (exact) mass is 423 g/mol. The number of hydrogen-bond donors (Lipinski definition) is 0. The smallest absolute Gasteiger partial charge is 0.308 e. The van der Waals surface area contributed by atoms with Crippen LogP contribution >= 0.6 is 0 Å². The number of nitrogens with zero attached hydrogens (tertiary/aromatic N) is 3. The number of aromatic nitrogens is 2. The number of aldehydes is 1. The summed E-state index contributed by atoms with van der Waals surface area (Å²) in [7, 11) is 0.193. The third-order valence-electron chi connectivity index (χ3n) is 5.08. The molecule has 29 heavy (non-hydrogen) atoms. The van der Waals surface area contributed by atoms with Crippen molar-refractivity contribution in [2.24, 2.45) is 5.92 Å². The Morgan fingerprint density at radius 1 is 1.31 bits per heavy atom. The van der Waals surface area contributed by atoms with E-state index in [0.29, 0.717) is 56.9 Å². The first-order valence-electron chi connectivity index (χ1n) is 10.2. The van der Waals surface area contributed by atoms with Crippen molar-refractivity contribution < 1.29 is 19.1 Å². The van der Waals surface area contributed by atoms with Crippen molar-refractivity contribution in [3.63, 3.8) is 0 Å². The van der Waals surface area contributed by atoms with E-state index in [2.05, 4.69) is 24.6 Å². The van der Waals surface area contributed by atoms with Gasteiger partial charge in [-0.05, 0) is 25.3 Å². The van der Waals surface area contributed by atoms with Gasteiger partial charge >= 0.3 is 5.97 Å². The fourth-order valence-corrected chi connectivity index (χ4v) is 4.00. The van der Waals surface area contributed by atoms with Crippen LogP contribution < -0.4 is 10.5 Å². The Kier molecular flexibility index (Phi) is 8.57. The van der Waals surface area contributed by atoms with Crippen molar-refractivity contribution in [1.29, 1.82) is 0 Å². The highest BCUT2D eigenvalue weighted by Gasteiger charge is 2.28. The first-order valence-corrected chi connectivity index (χ1v) is 13.9. The average molecular weight is 424 g/mol. The van der Waals surface area contributed by atoms with Crippen LogP contribution in [0.5, 0.6) is 0 Å². The summed E-state index contributed by atoms with van der Waals surface area (Å²) in [5.74, 6) is 0.0256. The Bertz CT molecular complexity index is 751. The average Bonchev–Trinajstić information content (AvgIpc) is 2.70. The Morgan fingerprint density at radius 3 is 2.59 bits per heavy atom. The van der Waals surface area contributed by atoms with Gasteiger partial charge in [0.1, 0.15) is 13.0 Å². The van der Waals surface area contributed by atoms with Crippen LogP contribution in [0.25, 0.3) is 0 Å². The van der Waals surface area contributed by atoms with E-state index < -0.39 is 8.07 Å². The number of anilines is 1. The molecular weight excluding hydrogens is 390 g/mol. The quantitative estimate of drug-likeness (QED) is 0.246. The zero-order chi connectivity index (χ0) is 21.4. The van der Waals surface area contributed by atoms with Gasteiger partial charge in [0, 0.05) is 40.4 Å². The number of carbonyl (C=O) groups is 2. The fraction of sp³-hybridized carbons (Fsp3) is 0.700. The Hall–Kier alpha value is -2.00. The summed E-state index contributed by atoms with van der Waals surface area (Å²) in [4.78, 5) is 42.0. The number of aryl methyl sites for hydroxylation is 1. The molecule has 0 aromatic carbocycles. The van der Waals surface area contributed by atoms with Crippen LogP contribution in [0, 0.1) is 5.92 Å². The van der Waals surface area contributed by atoms with Crippen LogP contribution in [0.4, 0.5) is 5.82 Å². The van der Waals surface area contributed by atoms with Gasteiger partial charge in [-0.1, -0.05) is 19.6 Å². The van der Waals surface area contributed by atoms with E-state index in [4.69, 9.17) is 9.47 Å². The number of methoxy groups -OCH3 is 1. The van der Waals surface area contributed by atoms with Gasteiger partial charge in [-0.3, -0.25) is 14.2 Å². The predicted octanol–water partition coefficient (Wildman–Crippen LogP) is 2.08. The summed E-state index contributed by atoms with van der Waals surface area (Å²) in [6, 6.07) is 1.03. The summed E-state index contributed by atoms with van der Waals surface area (Å²) in [5.41, 5.74) is 0.486. The zero-order valence-corrected chi connectivity index (χ0v) is 19.0. The lowest BCUT2D eigenvalue weighted by molar-refractivity contribution is -0.146. The summed E-state index contributed by atoms with van der Waals surface area (Å²) < 4.78 is 12.1. The SMILES string of the molecule is COC(=O)C1CCN(c2nc(CCC=O)cn(COCC[Si](C)(C)C)c2=O)CC1. The van der Waals surface area contributed by atoms with Crippen molar-refractivity contribution in [1.82, 2.24) is 9.55 Å². The van der Waals surface area contributed by atoms with Crippen molar-refractivity contribution in [2.75, 3.05) is 31.7 Å². The number of ether oxygens (including phenoxy) is 2. The van der Waals surface area contributed by atoms with E-state index in [1.165, 1.54) is 7.11 Å². The molecule has 0 radical (unpaired) electrons. The van der Waals surface area contributed by atoms with Crippen LogP contribution in [0.1, 0.15) is 25.0 Å². The van der Waals surface area contributed by atoms with Gasteiger partial charge in [-0.15, -0.1) is 0 Å². The lowest BCUT2D eigenvalue weighted by Crippen LogP contribution is -2.41. The van der Waals surface area contributed by atoms with Crippen molar-refractivity contribution >= 4 is 26.1 Å². The van der Waals surface area contributed by atoms with Gasteiger partial charge in [0.25, 0.3) is 5.56 Å². The number of piperidine rings is 1. The van der Waals surface area contributed by atoms with Crippen molar-refractivity contribution in [2.45, 2.75) is 58.1 Å². The molecule has 2 heterocycles. The van der Waals surface area contributed by atoms with Gasteiger partial charge in [0.05, 0.1) is 18.7 Å². The van der Waals surface area contributed by atoms with Crippen LogP contribution in [-0.2, 0) is 32.2 Å². The predicted molar refractivity (Wildman–Crippen MR) is 114 cm³/mol. The van der Waals surface area contributed by atoms with E-state index >= 15 is 0 Å². The standard InChI is InChI=1S/C20H33N3O5Si/c1-27-20(26)16-7-9-22(10-8-16)18-19(25)23(14-17(21-18)6-5-11-24)15-28-12-13-29(2,3)4/h11,14,16H,5-10,12-13,15H2,1-4H3. The molecule has 2 rings (SSSR count). The first-order chi connectivity index (χ1) is 13.7. The molecule has 0 bridgehead atoms. The zero-order valence-electron chi connectivity index (χ0n) is 18.0. The molecular formula is C20H33N3O5Si. The normalized spacial score (nSPS) is 15.4. The second-order valence-electron chi connectivity index (χ2n) is 8.67. The summed E-state index contributed by atoms with van der Waals surface area (Å²) in [6.07, 6.45) is 4.61. The van der Waals surface area contributed by atoms with E-state index in [9.17, 15) is 14.4 Å². The molecule has 1 aliphatic heterocycles. The highest BCUT2D eigenvalue weighted by Crippen LogP contribution is 2.21. The number of esters is 1. The molecule has 0 saturated carbocycles. The molecule has 9 heteroatoms. The van der Waals surface area contributed by atoms with Gasteiger partial charge in [-0.2, -0.15) is 0 Å². The second-order valence-corrected chi connectivity index (χ2v) is 14.3. The maximum Gasteiger partial charge on any atom is 0.308 e. The maximum absolute atomic E-state index is 13.0. The number of rotatable bonds is 10. The van der Waals surface area contributed by atoms with E-state index in [1.54, 1.807) is 10.8 Å². The molecule has 0 unspecified atom stereocenters.